The molecule has 0 aromatic heterocycles. The van der Waals surface area contributed by atoms with E-state index < -0.39 is 6.69 Å². The minimum absolute atomic E-state index is 1.18. The van der Waals surface area contributed by atoms with E-state index in [0.717, 1.165) is 0 Å². The molecular weight excluding hydrogens is 122 g/mol. The summed E-state index contributed by atoms with van der Waals surface area (Å²) in [5.74, 6) is 1.18. The van der Waals surface area contributed by atoms with Gasteiger partial charge in [0, 0.05) is 0 Å². The molecule has 2 nitrogen and oxygen atoms in total. The van der Waals surface area contributed by atoms with Gasteiger partial charge in [0.15, 0.2) is 0 Å². The van der Waals surface area contributed by atoms with Crippen molar-refractivity contribution in [1.82, 2.24) is 0 Å². The summed E-state index contributed by atoms with van der Waals surface area (Å²) in [6.07, 6.45) is 0. The van der Waals surface area contributed by atoms with Gasteiger partial charge in [-0.2, -0.15) is 0 Å². The van der Waals surface area contributed by atoms with Crippen molar-refractivity contribution >= 4 is 23.7 Å². The van der Waals surface area contributed by atoms with Gasteiger partial charge in [0.05, 0.1) is 0 Å². The molecule has 0 bridgehead atoms. The quantitative estimate of drug-likeness (QED) is 0.474. The van der Waals surface area contributed by atoms with Crippen LogP contribution >= 0.6 is 17.9 Å². The lowest BCUT2D eigenvalue weighted by Crippen LogP contribution is -1.65. The molecule has 4 heteroatoms. The van der Waals surface area contributed by atoms with E-state index in [1.54, 1.807) is 0 Å². The average molecular weight is 128 g/mol. The van der Waals surface area contributed by atoms with E-state index in [0.29, 0.717) is 0 Å². The third-order valence-corrected chi connectivity index (χ3v) is 1.57. The van der Waals surface area contributed by atoms with E-state index in [4.69, 9.17) is 21.0 Å². The number of hydrogen-bond acceptors (Lipinski definition) is 2. The number of halogens is 1. The van der Waals surface area contributed by atoms with Crippen molar-refractivity contribution in [1.29, 1.82) is 0 Å². The van der Waals surface area contributed by atoms with Crippen molar-refractivity contribution < 1.29 is 9.79 Å². The van der Waals surface area contributed by atoms with Gasteiger partial charge in [-0.3, -0.25) is 0 Å². The van der Waals surface area contributed by atoms with Crippen LogP contribution in [0.2, 0.25) is 0 Å². The second-order valence-corrected chi connectivity index (χ2v) is 3.97. The molecule has 0 saturated heterocycles. The molecule has 0 fully saturated rings. The van der Waals surface area contributed by atoms with Crippen LogP contribution in [0.3, 0.4) is 0 Å². The van der Waals surface area contributed by atoms with Crippen LogP contribution in [0.1, 0.15) is 6.92 Å². The monoisotopic (exact) mass is 128 g/mol. The highest BCUT2D eigenvalue weighted by molar-refractivity contribution is 7.88. The standard InChI is InChI=1S/C2H6ClO2P/c1-2-6(3,4)5/h2,4-5H,1H3. The zero-order chi connectivity index (χ0) is 5.21. The summed E-state index contributed by atoms with van der Waals surface area (Å²) in [6.45, 7) is -1.55. The molecule has 2 N–H and O–H groups in total. The Balaban J connectivity index is 3.79. The van der Waals surface area contributed by atoms with E-state index in [2.05, 4.69) is 0 Å². The van der Waals surface area contributed by atoms with Gasteiger partial charge in [0.25, 0.3) is 0 Å². The van der Waals surface area contributed by atoms with Crippen LogP contribution < -0.4 is 0 Å². The van der Waals surface area contributed by atoms with Crippen molar-refractivity contribution in [2.75, 3.05) is 0 Å². The molecule has 0 aliphatic rings. The predicted octanol–water partition coefficient (Wildman–Crippen LogP) is 0.794. The lowest BCUT2D eigenvalue weighted by atomic mass is 11.0. The molecule has 0 aromatic rings. The Morgan fingerprint density at radius 2 is 1.83 bits per heavy atom. The first-order valence-electron chi connectivity index (χ1n) is 1.40. The summed E-state index contributed by atoms with van der Waals surface area (Å²) in [5, 5.41) is 0. The van der Waals surface area contributed by atoms with E-state index in [1.807, 2.05) is 0 Å². The maximum Gasteiger partial charge on any atom is 0.205 e. The van der Waals surface area contributed by atoms with E-state index in [1.165, 1.54) is 12.7 Å². The fourth-order valence-corrected chi connectivity index (χ4v) is 0. The van der Waals surface area contributed by atoms with Gasteiger partial charge >= 0.3 is 0 Å². The smallest absolute Gasteiger partial charge is 0.205 e. The molecular formula is C2H6ClO2P. The minimum atomic E-state index is -3.05. The van der Waals surface area contributed by atoms with Crippen LogP contribution in [-0.2, 0) is 0 Å². The molecule has 6 heavy (non-hydrogen) atoms. The Bertz CT molecular complexity index is 75.3. The first kappa shape index (κ1) is 6.51. The van der Waals surface area contributed by atoms with Crippen LogP contribution in [0.15, 0.2) is 0 Å². The molecule has 0 radical (unpaired) electrons. The Kier molecular flexibility index (Phi) is 2.16. The maximum atomic E-state index is 8.20. The highest BCUT2D eigenvalue weighted by Gasteiger charge is 1.94. The van der Waals surface area contributed by atoms with Gasteiger partial charge in [0.2, 0.25) is 6.69 Å². The molecule has 0 atom stereocenters. The van der Waals surface area contributed by atoms with Crippen LogP contribution in [0, 0.1) is 0 Å². The maximum absolute atomic E-state index is 8.20. The lowest BCUT2D eigenvalue weighted by Gasteiger charge is -1.94. The summed E-state index contributed by atoms with van der Waals surface area (Å²) < 4.78 is 0. The second kappa shape index (κ2) is 1.99. The summed E-state index contributed by atoms with van der Waals surface area (Å²) in [5.41, 5.74) is 0. The third-order valence-electron chi connectivity index (χ3n) is 0.329. The second-order valence-electron chi connectivity index (χ2n) is 0.827. The highest BCUT2D eigenvalue weighted by atomic mass is 35.7. The van der Waals surface area contributed by atoms with Crippen molar-refractivity contribution in [3.63, 3.8) is 0 Å². The molecule has 0 saturated carbocycles. The minimum Gasteiger partial charge on any atom is -0.342 e. The average Bonchev–Trinajstić information content (AvgIpc) is 1.35. The van der Waals surface area contributed by atoms with Gasteiger partial charge in [-0.25, -0.2) is 0 Å². The molecule has 0 amide bonds. The molecule has 38 valence electrons. The van der Waals surface area contributed by atoms with Gasteiger partial charge in [0.1, 0.15) is 0 Å². The molecule has 0 aromatic carbocycles. The Morgan fingerprint density at radius 1 is 1.67 bits per heavy atom. The zero-order valence-corrected chi connectivity index (χ0v) is 4.95. The predicted molar refractivity (Wildman–Crippen MR) is 28.9 cm³/mol. The van der Waals surface area contributed by atoms with Gasteiger partial charge in [-0.15, -0.1) is 0 Å². The van der Waals surface area contributed by atoms with Crippen molar-refractivity contribution in [2.24, 2.45) is 0 Å². The van der Waals surface area contributed by atoms with E-state index in [9.17, 15) is 0 Å². The summed E-state index contributed by atoms with van der Waals surface area (Å²) in [7, 11) is 0. The van der Waals surface area contributed by atoms with Crippen LogP contribution in [-0.4, -0.2) is 15.6 Å². The SMILES string of the molecule is CC=P(O)(O)Cl. The normalized spacial score (nSPS) is 11.3. The van der Waals surface area contributed by atoms with Crippen LogP contribution in [0.25, 0.3) is 0 Å². The van der Waals surface area contributed by atoms with Gasteiger partial charge in [-0.05, 0) is 24.0 Å². The summed E-state index contributed by atoms with van der Waals surface area (Å²) in [4.78, 5) is 16.4. The Labute approximate surface area is 41.3 Å². The molecule has 0 aliphatic heterocycles. The molecule has 0 heterocycles. The molecule has 0 rings (SSSR count). The van der Waals surface area contributed by atoms with Gasteiger partial charge < -0.3 is 9.79 Å². The van der Waals surface area contributed by atoms with Crippen LogP contribution in [0.5, 0.6) is 0 Å². The molecule has 0 spiro atoms. The Morgan fingerprint density at radius 3 is 1.83 bits per heavy atom. The topological polar surface area (TPSA) is 40.5 Å². The summed E-state index contributed by atoms with van der Waals surface area (Å²) in [6, 6.07) is 0. The summed E-state index contributed by atoms with van der Waals surface area (Å²) >= 11 is 4.88. The third kappa shape index (κ3) is 4.51. The van der Waals surface area contributed by atoms with Crippen molar-refractivity contribution in [2.45, 2.75) is 6.92 Å². The molecule has 0 aliphatic carbocycles. The largest absolute Gasteiger partial charge is 0.342 e. The first-order chi connectivity index (χ1) is 2.56. The number of hydrogen-bond donors (Lipinski definition) is 2. The fraction of sp³-hybridized carbons (Fsp3) is 0.500. The number of rotatable bonds is 0. The van der Waals surface area contributed by atoms with E-state index >= 15 is 0 Å². The van der Waals surface area contributed by atoms with Crippen LogP contribution in [0.4, 0.5) is 0 Å². The van der Waals surface area contributed by atoms with Crippen molar-refractivity contribution in [3.8, 4) is 0 Å². The van der Waals surface area contributed by atoms with Crippen molar-refractivity contribution in [3.05, 3.63) is 0 Å². The lowest BCUT2D eigenvalue weighted by molar-refractivity contribution is 0.498. The zero-order valence-electron chi connectivity index (χ0n) is 3.30. The Hall–Kier alpha value is 0.510. The fourth-order valence-electron chi connectivity index (χ4n) is 0. The van der Waals surface area contributed by atoms with E-state index in [-0.39, 0.29) is 0 Å². The molecule has 0 unspecified atom stereocenters. The first-order valence-corrected chi connectivity index (χ1v) is 4.07. The van der Waals surface area contributed by atoms with Gasteiger partial charge in [-0.1, -0.05) is 0 Å². The highest BCUT2D eigenvalue weighted by Crippen LogP contribution is 2.41.